The lowest BCUT2D eigenvalue weighted by molar-refractivity contribution is -0.119. The second-order valence-electron chi connectivity index (χ2n) is 8.21. The minimum absolute atomic E-state index is 0.361. The van der Waals surface area contributed by atoms with Crippen molar-refractivity contribution in [2.75, 3.05) is 24.2 Å². The number of hydrazone groups is 1. The Morgan fingerprint density at radius 3 is 2.35 bits per heavy atom. The maximum absolute atomic E-state index is 12.5. The number of anilines is 1. The van der Waals surface area contributed by atoms with Crippen LogP contribution in [0.2, 0.25) is 0 Å². The molecule has 1 aromatic heterocycles. The summed E-state index contributed by atoms with van der Waals surface area (Å²) < 4.78 is 32.8. The molecule has 0 aliphatic carbocycles. The lowest BCUT2D eigenvalue weighted by Crippen LogP contribution is -2.39. The number of benzene rings is 2. The van der Waals surface area contributed by atoms with E-state index in [2.05, 4.69) is 47.1 Å². The van der Waals surface area contributed by atoms with E-state index in [-0.39, 0.29) is 0 Å². The molecule has 0 aliphatic heterocycles. The van der Waals surface area contributed by atoms with Crippen LogP contribution in [0.1, 0.15) is 28.1 Å². The van der Waals surface area contributed by atoms with Crippen molar-refractivity contribution in [3.63, 3.8) is 0 Å². The number of methoxy groups -OCH3 is 1. The van der Waals surface area contributed by atoms with Gasteiger partial charge in [-0.05, 0) is 69.7 Å². The Morgan fingerprint density at radius 1 is 1.09 bits per heavy atom. The standard InChI is InChI=1S/C25H30N4O4S/c1-17-7-12-24(18(2)13-17)29-19(3)14-21(20(29)4)15-26-27-25(30)16-28(34(6,31)32)22-8-10-23(33-5)11-9-22/h7-15H,16H2,1-6H3,(H,27,30)/b26-15+. The Balaban J connectivity index is 1.75. The third kappa shape index (κ3) is 5.66. The van der Waals surface area contributed by atoms with Gasteiger partial charge in [0.1, 0.15) is 12.3 Å². The van der Waals surface area contributed by atoms with Crippen LogP contribution in [0.4, 0.5) is 5.69 Å². The van der Waals surface area contributed by atoms with Gasteiger partial charge < -0.3 is 9.30 Å². The average molecular weight is 483 g/mol. The van der Waals surface area contributed by atoms with Gasteiger partial charge in [-0.15, -0.1) is 0 Å². The highest BCUT2D eigenvalue weighted by Crippen LogP contribution is 2.23. The van der Waals surface area contributed by atoms with Crippen molar-refractivity contribution >= 4 is 27.8 Å². The van der Waals surface area contributed by atoms with Gasteiger partial charge in [0.2, 0.25) is 10.0 Å². The third-order valence-corrected chi connectivity index (χ3v) is 6.64. The molecule has 1 N–H and O–H groups in total. The van der Waals surface area contributed by atoms with Gasteiger partial charge in [0.15, 0.2) is 0 Å². The lowest BCUT2D eigenvalue weighted by atomic mass is 10.1. The molecule has 0 atom stereocenters. The number of carbonyl (C=O) groups is 1. The highest BCUT2D eigenvalue weighted by molar-refractivity contribution is 7.92. The van der Waals surface area contributed by atoms with Gasteiger partial charge >= 0.3 is 0 Å². The monoisotopic (exact) mass is 482 g/mol. The summed E-state index contributed by atoms with van der Waals surface area (Å²) in [6.07, 6.45) is 2.62. The molecule has 34 heavy (non-hydrogen) atoms. The SMILES string of the molecule is COc1ccc(N(CC(=O)N/N=C/c2cc(C)n(-c3ccc(C)cc3C)c2C)S(C)(=O)=O)cc1. The summed E-state index contributed by atoms with van der Waals surface area (Å²) in [6, 6.07) is 14.7. The summed E-state index contributed by atoms with van der Waals surface area (Å²) in [4.78, 5) is 12.5. The van der Waals surface area contributed by atoms with Gasteiger partial charge in [0, 0.05) is 22.6 Å². The van der Waals surface area contributed by atoms with Gasteiger partial charge in [-0.3, -0.25) is 9.10 Å². The molecule has 0 bridgehead atoms. The number of aromatic nitrogens is 1. The van der Waals surface area contributed by atoms with E-state index in [9.17, 15) is 13.2 Å². The molecule has 2 aromatic carbocycles. The minimum Gasteiger partial charge on any atom is -0.497 e. The molecule has 0 aliphatic rings. The second kappa shape index (κ2) is 10.1. The van der Waals surface area contributed by atoms with Crippen LogP contribution < -0.4 is 14.5 Å². The van der Waals surface area contributed by atoms with E-state index in [0.29, 0.717) is 11.4 Å². The average Bonchev–Trinajstić information content (AvgIpc) is 3.04. The Kier molecular flexibility index (Phi) is 7.46. The van der Waals surface area contributed by atoms with Crippen molar-refractivity contribution < 1.29 is 17.9 Å². The van der Waals surface area contributed by atoms with Crippen molar-refractivity contribution in [1.29, 1.82) is 0 Å². The fourth-order valence-corrected chi connectivity index (χ4v) is 4.69. The zero-order valence-corrected chi connectivity index (χ0v) is 21.1. The summed E-state index contributed by atoms with van der Waals surface area (Å²) in [5.41, 5.74) is 9.13. The highest BCUT2D eigenvalue weighted by atomic mass is 32.2. The number of ether oxygens (including phenoxy) is 1. The van der Waals surface area contributed by atoms with Gasteiger partial charge in [-0.25, -0.2) is 13.8 Å². The fraction of sp³-hybridized carbons (Fsp3) is 0.280. The topological polar surface area (TPSA) is 93.0 Å². The first-order valence-corrected chi connectivity index (χ1v) is 12.6. The van der Waals surface area contributed by atoms with E-state index in [1.54, 1.807) is 30.5 Å². The Labute approximate surface area is 200 Å². The van der Waals surface area contributed by atoms with E-state index in [0.717, 1.165) is 38.8 Å². The van der Waals surface area contributed by atoms with E-state index >= 15 is 0 Å². The second-order valence-corrected chi connectivity index (χ2v) is 10.1. The van der Waals surface area contributed by atoms with E-state index in [1.165, 1.54) is 12.7 Å². The smallest absolute Gasteiger partial charge is 0.260 e. The number of hydrogen-bond acceptors (Lipinski definition) is 5. The van der Waals surface area contributed by atoms with Gasteiger partial charge in [-0.2, -0.15) is 5.10 Å². The van der Waals surface area contributed by atoms with Gasteiger partial charge in [0.25, 0.3) is 5.91 Å². The summed E-state index contributed by atoms with van der Waals surface area (Å²) in [7, 11) is -2.16. The first-order valence-electron chi connectivity index (χ1n) is 10.7. The largest absolute Gasteiger partial charge is 0.497 e. The molecule has 1 heterocycles. The molecule has 0 spiro atoms. The van der Waals surface area contributed by atoms with Crippen molar-refractivity contribution in [2.45, 2.75) is 27.7 Å². The number of nitrogens with zero attached hydrogens (tertiary/aromatic N) is 3. The van der Waals surface area contributed by atoms with Crippen LogP contribution in [-0.4, -0.2) is 45.0 Å². The van der Waals surface area contributed by atoms with E-state index in [4.69, 9.17) is 4.74 Å². The molecule has 180 valence electrons. The van der Waals surface area contributed by atoms with Gasteiger partial charge in [-0.1, -0.05) is 17.7 Å². The summed E-state index contributed by atoms with van der Waals surface area (Å²) in [5.74, 6) is 0.0327. The number of amides is 1. The zero-order valence-electron chi connectivity index (χ0n) is 20.3. The van der Waals surface area contributed by atoms with Crippen LogP contribution >= 0.6 is 0 Å². The van der Waals surface area contributed by atoms with Crippen LogP contribution in [0, 0.1) is 27.7 Å². The molecule has 8 nitrogen and oxygen atoms in total. The first kappa shape index (κ1) is 25.0. The normalized spacial score (nSPS) is 11.6. The molecular weight excluding hydrogens is 452 g/mol. The van der Waals surface area contributed by atoms with Crippen LogP contribution in [0.25, 0.3) is 5.69 Å². The Hall–Kier alpha value is -3.59. The molecule has 0 saturated carbocycles. The fourth-order valence-electron chi connectivity index (χ4n) is 3.83. The molecule has 9 heteroatoms. The zero-order chi connectivity index (χ0) is 25.0. The minimum atomic E-state index is -3.68. The van der Waals surface area contributed by atoms with Crippen LogP contribution in [0.5, 0.6) is 5.75 Å². The molecule has 3 aromatic rings. The number of nitrogens with one attached hydrogen (secondary N) is 1. The number of sulfonamides is 1. The van der Waals surface area contributed by atoms with Crippen molar-refractivity contribution in [2.24, 2.45) is 5.10 Å². The van der Waals surface area contributed by atoms with E-state index < -0.39 is 22.5 Å². The lowest BCUT2D eigenvalue weighted by Gasteiger charge is -2.21. The summed E-state index contributed by atoms with van der Waals surface area (Å²) in [5, 5.41) is 4.06. The molecule has 0 saturated heterocycles. The number of hydrogen-bond donors (Lipinski definition) is 1. The predicted octanol–water partition coefficient (Wildman–Crippen LogP) is 3.64. The molecule has 3 rings (SSSR count). The summed E-state index contributed by atoms with van der Waals surface area (Å²) in [6.45, 7) is 7.74. The first-order chi connectivity index (χ1) is 16.0. The Morgan fingerprint density at radius 2 is 1.76 bits per heavy atom. The molecule has 1 amide bonds. The number of carbonyl (C=O) groups excluding carboxylic acids is 1. The summed E-state index contributed by atoms with van der Waals surface area (Å²) >= 11 is 0. The maximum atomic E-state index is 12.5. The van der Waals surface area contributed by atoms with Crippen molar-refractivity contribution in [1.82, 2.24) is 9.99 Å². The number of aryl methyl sites for hydroxylation is 3. The van der Waals surface area contributed by atoms with Crippen LogP contribution in [0.15, 0.2) is 53.6 Å². The van der Waals surface area contributed by atoms with Gasteiger partial charge in [0.05, 0.1) is 25.3 Å². The highest BCUT2D eigenvalue weighted by Gasteiger charge is 2.21. The third-order valence-electron chi connectivity index (χ3n) is 5.50. The van der Waals surface area contributed by atoms with Crippen LogP contribution in [0.3, 0.4) is 0 Å². The Bertz CT molecular complexity index is 1330. The number of rotatable bonds is 8. The molecule has 0 radical (unpaired) electrons. The molecule has 0 unspecified atom stereocenters. The van der Waals surface area contributed by atoms with Crippen molar-refractivity contribution in [3.05, 3.63) is 76.6 Å². The van der Waals surface area contributed by atoms with Crippen LogP contribution in [-0.2, 0) is 14.8 Å². The quantitative estimate of drug-likeness (QED) is 0.392. The molecule has 0 fully saturated rings. The van der Waals surface area contributed by atoms with Crippen molar-refractivity contribution in [3.8, 4) is 11.4 Å². The molecular formula is C25H30N4O4S. The van der Waals surface area contributed by atoms with E-state index in [1.807, 2.05) is 19.9 Å². The maximum Gasteiger partial charge on any atom is 0.260 e. The predicted molar refractivity (Wildman–Crippen MR) is 136 cm³/mol.